The summed E-state index contributed by atoms with van der Waals surface area (Å²) in [5, 5.41) is 5.42. The van der Waals surface area contributed by atoms with Crippen LogP contribution in [-0.4, -0.2) is 38.6 Å². The molecule has 0 spiro atoms. The van der Waals surface area contributed by atoms with Crippen LogP contribution in [-0.2, 0) is 14.8 Å². The minimum absolute atomic E-state index is 0.0537. The van der Waals surface area contributed by atoms with Gasteiger partial charge in [-0.25, -0.2) is 12.8 Å². The molecule has 0 fully saturated rings. The van der Waals surface area contributed by atoms with Crippen LogP contribution in [0.1, 0.15) is 37.6 Å². The Morgan fingerprint density at radius 1 is 1.07 bits per heavy atom. The lowest BCUT2D eigenvalue weighted by molar-refractivity contribution is -0.116. The number of halogens is 1. The van der Waals surface area contributed by atoms with Crippen LogP contribution in [0.3, 0.4) is 0 Å². The Morgan fingerprint density at radius 3 is 2.27 bits per heavy atom. The van der Waals surface area contributed by atoms with Crippen molar-refractivity contribution in [1.82, 2.24) is 5.32 Å². The van der Waals surface area contributed by atoms with E-state index in [9.17, 15) is 22.4 Å². The van der Waals surface area contributed by atoms with E-state index < -0.39 is 27.8 Å². The van der Waals surface area contributed by atoms with Gasteiger partial charge < -0.3 is 10.6 Å². The smallest absolute Gasteiger partial charge is 0.253 e. The quantitative estimate of drug-likeness (QED) is 0.666. The summed E-state index contributed by atoms with van der Waals surface area (Å²) < 4.78 is 39.6. The average molecular weight is 436 g/mol. The van der Waals surface area contributed by atoms with Gasteiger partial charge in [0.1, 0.15) is 11.9 Å². The second kappa shape index (κ2) is 9.71. The summed E-state index contributed by atoms with van der Waals surface area (Å²) in [7, 11) is -3.97. The van der Waals surface area contributed by atoms with E-state index in [1.54, 1.807) is 24.3 Å². The van der Waals surface area contributed by atoms with Gasteiger partial charge in [-0.15, -0.1) is 0 Å². The van der Waals surface area contributed by atoms with Gasteiger partial charge in [0.05, 0.1) is 23.2 Å². The highest BCUT2D eigenvalue weighted by Crippen LogP contribution is 2.25. The first-order valence-corrected chi connectivity index (χ1v) is 11.4. The summed E-state index contributed by atoms with van der Waals surface area (Å²) in [5.74, 6) is -1.83. The highest BCUT2D eigenvalue weighted by atomic mass is 32.2. The van der Waals surface area contributed by atoms with Gasteiger partial charge in [0.2, 0.25) is 15.9 Å². The normalized spacial score (nSPS) is 13.2. The van der Waals surface area contributed by atoms with Crippen LogP contribution in [0.2, 0.25) is 0 Å². The van der Waals surface area contributed by atoms with E-state index in [4.69, 9.17) is 0 Å². The first-order valence-electron chi connectivity index (χ1n) is 9.51. The molecule has 0 unspecified atom stereocenters. The highest BCUT2D eigenvalue weighted by Gasteiger charge is 2.31. The van der Waals surface area contributed by atoms with Crippen LogP contribution in [0, 0.1) is 5.82 Å². The number of hydrogen-bond donors (Lipinski definition) is 2. The van der Waals surface area contributed by atoms with Crippen molar-refractivity contribution in [2.75, 3.05) is 15.9 Å². The van der Waals surface area contributed by atoms with Crippen molar-refractivity contribution in [3.63, 3.8) is 0 Å². The Labute approximate surface area is 176 Å². The first kappa shape index (κ1) is 23.3. The lowest BCUT2D eigenvalue weighted by Gasteiger charge is -2.28. The zero-order valence-electron chi connectivity index (χ0n) is 17.3. The Hall–Kier alpha value is -2.94. The molecule has 0 saturated carbocycles. The molecule has 0 saturated heterocycles. The van der Waals surface area contributed by atoms with Gasteiger partial charge in [-0.2, -0.15) is 0 Å². The van der Waals surface area contributed by atoms with Crippen LogP contribution < -0.4 is 14.9 Å². The molecule has 2 amide bonds. The van der Waals surface area contributed by atoms with Crippen molar-refractivity contribution in [3.8, 4) is 0 Å². The van der Waals surface area contributed by atoms with Crippen molar-refractivity contribution >= 4 is 33.2 Å². The predicted molar refractivity (Wildman–Crippen MR) is 115 cm³/mol. The molecule has 0 aromatic heterocycles. The monoisotopic (exact) mass is 435 g/mol. The molecule has 9 heteroatoms. The number of carbonyl (C=O) groups excluding carboxylic acids is 2. The zero-order chi connectivity index (χ0) is 22.5. The highest BCUT2D eigenvalue weighted by molar-refractivity contribution is 7.92. The lowest BCUT2D eigenvalue weighted by atomic mass is 10.1. The number of carbonyl (C=O) groups is 2. The van der Waals surface area contributed by atoms with Crippen molar-refractivity contribution < 1.29 is 22.4 Å². The lowest BCUT2D eigenvalue weighted by Crippen LogP contribution is -2.46. The molecule has 0 radical (unpaired) electrons. The SMILES string of the molecule is CC[C@H](C)NC(=O)c1ccccc1NC(=O)[C@@H](C)N(c1ccccc1F)S(C)(=O)=O. The number of benzene rings is 2. The van der Waals surface area contributed by atoms with E-state index in [-0.39, 0.29) is 28.9 Å². The summed E-state index contributed by atoms with van der Waals surface area (Å²) in [6, 6.07) is 10.4. The Bertz CT molecular complexity index is 1030. The molecule has 7 nitrogen and oxygen atoms in total. The second-order valence-electron chi connectivity index (χ2n) is 7.00. The number of hydrogen-bond acceptors (Lipinski definition) is 4. The van der Waals surface area contributed by atoms with E-state index in [0.29, 0.717) is 0 Å². The van der Waals surface area contributed by atoms with Crippen molar-refractivity contribution in [2.24, 2.45) is 0 Å². The predicted octanol–water partition coefficient (Wildman–Crippen LogP) is 3.15. The maximum Gasteiger partial charge on any atom is 0.253 e. The standard InChI is InChI=1S/C21H26FN3O4S/c1-5-14(2)23-21(27)16-10-6-8-12-18(16)24-20(26)15(3)25(30(4,28)29)19-13-9-7-11-17(19)22/h6-15H,5H2,1-4H3,(H,23,27)(H,24,26)/t14-,15+/m0/s1. The molecule has 2 aromatic rings. The van der Waals surface area contributed by atoms with Crippen LogP contribution in [0.25, 0.3) is 0 Å². The van der Waals surface area contributed by atoms with Crippen LogP contribution in [0.15, 0.2) is 48.5 Å². The summed E-state index contributed by atoms with van der Waals surface area (Å²) in [4.78, 5) is 25.4. The molecule has 162 valence electrons. The van der Waals surface area contributed by atoms with Crippen molar-refractivity contribution in [2.45, 2.75) is 39.3 Å². The molecule has 0 aliphatic heterocycles. The number of anilines is 2. The van der Waals surface area contributed by atoms with Gasteiger partial charge in [0, 0.05) is 6.04 Å². The molecule has 0 aliphatic carbocycles. The van der Waals surface area contributed by atoms with E-state index in [1.165, 1.54) is 25.1 Å². The minimum Gasteiger partial charge on any atom is -0.350 e. The third-order valence-electron chi connectivity index (χ3n) is 4.60. The fourth-order valence-corrected chi connectivity index (χ4v) is 4.02. The molecule has 0 heterocycles. The maximum atomic E-state index is 14.3. The molecular weight excluding hydrogens is 409 g/mol. The van der Waals surface area contributed by atoms with Gasteiger partial charge >= 0.3 is 0 Å². The number of nitrogens with zero attached hydrogens (tertiary/aromatic N) is 1. The average Bonchev–Trinajstić information content (AvgIpc) is 2.68. The number of nitrogens with one attached hydrogen (secondary N) is 2. The fraction of sp³-hybridized carbons (Fsp3) is 0.333. The molecule has 0 bridgehead atoms. The summed E-state index contributed by atoms with van der Waals surface area (Å²) in [6.07, 6.45) is 1.64. The van der Waals surface area contributed by atoms with Crippen LogP contribution in [0.4, 0.5) is 15.8 Å². The first-order chi connectivity index (χ1) is 14.1. The second-order valence-corrected chi connectivity index (χ2v) is 8.86. The van der Waals surface area contributed by atoms with Gasteiger partial charge in [-0.05, 0) is 44.5 Å². The largest absolute Gasteiger partial charge is 0.350 e. The third kappa shape index (κ3) is 5.56. The zero-order valence-corrected chi connectivity index (χ0v) is 18.2. The van der Waals surface area contributed by atoms with Gasteiger partial charge in [0.25, 0.3) is 5.91 Å². The molecule has 0 aliphatic rings. The Balaban J connectivity index is 2.33. The maximum absolute atomic E-state index is 14.3. The molecule has 2 atom stereocenters. The van der Waals surface area contributed by atoms with Crippen LogP contribution in [0.5, 0.6) is 0 Å². The minimum atomic E-state index is -3.97. The molecule has 30 heavy (non-hydrogen) atoms. The summed E-state index contributed by atoms with van der Waals surface area (Å²) in [6.45, 7) is 5.15. The molecule has 2 aromatic carbocycles. The number of amides is 2. The summed E-state index contributed by atoms with van der Waals surface area (Å²) >= 11 is 0. The van der Waals surface area contributed by atoms with E-state index in [0.717, 1.165) is 23.0 Å². The number of rotatable bonds is 8. The van der Waals surface area contributed by atoms with Crippen LogP contribution >= 0.6 is 0 Å². The van der Waals surface area contributed by atoms with E-state index in [2.05, 4.69) is 10.6 Å². The molecule has 2 rings (SSSR count). The van der Waals surface area contributed by atoms with E-state index in [1.807, 2.05) is 13.8 Å². The van der Waals surface area contributed by atoms with E-state index >= 15 is 0 Å². The van der Waals surface area contributed by atoms with Crippen molar-refractivity contribution in [3.05, 3.63) is 59.9 Å². The fourth-order valence-electron chi connectivity index (χ4n) is 2.84. The molecule has 2 N–H and O–H groups in total. The molecular formula is C21H26FN3O4S. The number of sulfonamides is 1. The number of para-hydroxylation sites is 2. The van der Waals surface area contributed by atoms with Gasteiger partial charge in [-0.3, -0.25) is 13.9 Å². The van der Waals surface area contributed by atoms with Crippen molar-refractivity contribution in [1.29, 1.82) is 0 Å². The Kier molecular flexibility index (Phi) is 7.55. The third-order valence-corrected chi connectivity index (χ3v) is 5.83. The van der Waals surface area contributed by atoms with Gasteiger partial charge in [-0.1, -0.05) is 31.2 Å². The van der Waals surface area contributed by atoms with Gasteiger partial charge in [0.15, 0.2) is 0 Å². The Morgan fingerprint density at radius 2 is 1.67 bits per heavy atom. The topological polar surface area (TPSA) is 95.6 Å². The summed E-state index contributed by atoms with van der Waals surface area (Å²) in [5.41, 5.74) is 0.248.